The molecule has 0 aliphatic carbocycles. The van der Waals surface area contributed by atoms with E-state index in [1.54, 1.807) is 45.0 Å². The Kier molecular flexibility index (Phi) is 7.48. The second kappa shape index (κ2) is 8.51. The number of nitrogens with one attached hydrogen (secondary N) is 1. The first kappa shape index (κ1) is 24.6. The fourth-order valence-electron chi connectivity index (χ4n) is 2.25. The van der Waals surface area contributed by atoms with E-state index < -0.39 is 33.2 Å². The number of sulfonamides is 1. The van der Waals surface area contributed by atoms with Gasteiger partial charge in [-0.15, -0.1) is 0 Å². The van der Waals surface area contributed by atoms with Crippen LogP contribution in [0.5, 0.6) is 0 Å². The van der Waals surface area contributed by atoms with Gasteiger partial charge in [-0.2, -0.15) is 4.72 Å². The molecular formula is C21H35NO5S. The molecule has 0 aliphatic rings. The number of hydrogen-bond acceptors (Lipinski definition) is 5. The molecule has 0 amide bonds. The average molecular weight is 414 g/mol. The molecule has 0 heterocycles. The van der Waals surface area contributed by atoms with E-state index in [9.17, 15) is 13.2 Å². The molecule has 0 spiro atoms. The highest BCUT2D eigenvalue weighted by molar-refractivity contribution is 7.89. The molecule has 1 aromatic carbocycles. The van der Waals surface area contributed by atoms with Crippen molar-refractivity contribution in [1.29, 1.82) is 0 Å². The number of ether oxygens (including phenoxy) is 2. The lowest BCUT2D eigenvalue weighted by molar-refractivity contribution is -0.159. The number of hydrogen-bond donors (Lipinski definition) is 1. The third-order valence-electron chi connectivity index (χ3n) is 3.70. The van der Waals surface area contributed by atoms with E-state index in [0.29, 0.717) is 0 Å². The van der Waals surface area contributed by atoms with Gasteiger partial charge in [-0.1, -0.05) is 32.9 Å². The molecular weight excluding hydrogens is 378 g/mol. The SMILES string of the molecule is CC(C)(C)OCC(NS(=O)(=O)c1ccc(C(C)(C)C)cc1)C(=O)OC(C)(C)C. The molecule has 7 heteroatoms. The Bertz CT molecular complexity index is 763. The Morgan fingerprint density at radius 3 is 1.82 bits per heavy atom. The van der Waals surface area contributed by atoms with Crippen LogP contribution in [0.4, 0.5) is 0 Å². The first-order chi connectivity index (χ1) is 12.4. The Balaban J connectivity index is 3.08. The first-order valence-electron chi connectivity index (χ1n) is 9.40. The van der Waals surface area contributed by atoms with Crippen molar-refractivity contribution in [2.75, 3.05) is 6.61 Å². The molecule has 160 valence electrons. The Morgan fingerprint density at radius 2 is 1.43 bits per heavy atom. The fourth-order valence-corrected chi connectivity index (χ4v) is 3.42. The Labute approximate surface area is 170 Å². The Hall–Kier alpha value is -1.44. The zero-order valence-electron chi connectivity index (χ0n) is 18.5. The van der Waals surface area contributed by atoms with Crippen molar-refractivity contribution in [3.63, 3.8) is 0 Å². The lowest BCUT2D eigenvalue weighted by Crippen LogP contribution is -2.48. The van der Waals surface area contributed by atoms with Crippen LogP contribution in [-0.2, 0) is 29.7 Å². The molecule has 0 bridgehead atoms. The van der Waals surface area contributed by atoms with Crippen LogP contribution >= 0.6 is 0 Å². The molecule has 1 unspecified atom stereocenters. The maximum absolute atomic E-state index is 12.8. The van der Waals surface area contributed by atoms with Gasteiger partial charge in [0.2, 0.25) is 10.0 Å². The van der Waals surface area contributed by atoms with Gasteiger partial charge < -0.3 is 9.47 Å². The summed E-state index contributed by atoms with van der Waals surface area (Å²) in [6.07, 6.45) is 0. The van der Waals surface area contributed by atoms with E-state index in [1.807, 2.05) is 20.8 Å². The van der Waals surface area contributed by atoms with E-state index in [2.05, 4.69) is 25.5 Å². The van der Waals surface area contributed by atoms with Gasteiger partial charge in [-0.3, -0.25) is 4.79 Å². The quantitative estimate of drug-likeness (QED) is 0.718. The topological polar surface area (TPSA) is 81.7 Å². The van der Waals surface area contributed by atoms with E-state index in [4.69, 9.17) is 9.47 Å². The van der Waals surface area contributed by atoms with Gasteiger partial charge in [0.25, 0.3) is 0 Å². The van der Waals surface area contributed by atoms with Crippen molar-refractivity contribution in [3.8, 4) is 0 Å². The molecule has 28 heavy (non-hydrogen) atoms. The molecule has 1 rings (SSSR count). The minimum absolute atomic E-state index is 0.0878. The van der Waals surface area contributed by atoms with E-state index in [-0.39, 0.29) is 16.9 Å². The van der Waals surface area contributed by atoms with Crippen LogP contribution in [-0.4, -0.2) is 38.2 Å². The van der Waals surface area contributed by atoms with Gasteiger partial charge in [0, 0.05) is 0 Å². The molecule has 0 saturated carbocycles. The van der Waals surface area contributed by atoms with Crippen LogP contribution < -0.4 is 4.72 Å². The summed E-state index contributed by atoms with van der Waals surface area (Å²) in [6.45, 7) is 16.7. The number of carbonyl (C=O) groups is 1. The van der Waals surface area contributed by atoms with Crippen LogP contribution in [0, 0.1) is 0 Å². The summed E-state index contributed by atoms with van der Waals surface area (Å²) in [7, 11) is -3.92. The number of esters is 1. The van der Waals surface area contributed by atoms with Gasteiger partial charge >= 0.3 is 5.97 Å². The molecule has 1 N–H and O–H groups in total. The molecule has 1 aromatic rings. The molecule has 0 aromatic heterocycles. The number of carbonyl (C=O) groups excluding carboxylic acids is 1. The van der Waals surface area contributed by atoms with Crippen LogP contribution in [0.1, 0.15) is 67.9 Å². The van der Waals surface area contributed by atoms with E-state index >= 15 is 0 Å². The molecule has 0 fully saturated rings. The zero-order valence-corrected chi connectivity index (χ0v) is 19.4. The van der Waals surface area contributed by atoms with Crippen molar-refractivity contribution in [3.05, 3.63) is 29.8 Å². The highest BCUT2D eigenvalue weighted by atomic mass is 32.2. The molecule has 0 radical (unpaired) electrons. The summed E-state index contributed by atoms with van der Waals surface area (Å²) in [4.78, 5) is 12.6. The maximum Gasteiger partial charge on any atom is 0.327 e. The molecule has 1 atom stereocenters. The van der Waals surface area contributed by atoms with Crippen LogP contribution in [0.3, 0.4) is 0 Å². The zero-order chi connectivity index (χ0) is 22.0. The smallest absolute Gasteiger partial charge is 0.327 e. The predicted molar refractivity (Wildman–Crippen MR) is 111 cm³/mol. The third-order valence-corrected chi connectivity index (χ3v) is 5.19. The van der Waals surface area contributed by atoms with Crippen LogP contribution in [0.15, 0.2) is 29.2 Å². The normalized spacial score (nSPS) is 14.6. The van der Waals surface area contributed by atoms with Crippen LogP contribution in [0.2, 0.25) is 0 Å². The minimum Gasteiger partial charge on any atom is -0.459 e. The van der Waals surface area contributed by atoms with Gasteiger partial charge in [-0.25, -0.2) is 8.42 Å². The second-order valence-corrected chi connectivity index (χ2v) is 11.6. The Morgan fingerprint density at radius 1 is 0.929 bits per heavy atom. The van der Waals surface area contributed by atoms with Crippen molar-refractivity contribution >= 4 is 16.0 Å². The van der Waals surface area contributed by atoms with Crippen molar-refractivity contribution < 1.29 is 22.7 Å². The summed E-state index contributed by atoms with van der Waals surface area (Å²) in [5.41, 5.74) is -0.335. The van der Waals surface area contributed by atoms with Gasteiger partial charge in [0.1, 0.15) is 11.6 Å². The molecule has 0 saturated heterocycles. The summed E-state index contributed by atoms with van der Waals surface area (Å²) >= 11 is 0. The fraction of sp³-hybridized carbons (Fsp3) is 0.667. The van der Waals surface area contributed by atoms with E-state index in [0.717, 1.165) is 5.56 Å². The van der Waals surface area contributed by atoms with Gasteiger partial charge in [0.05, 0.1) is 17.1 Å². The largest absolute Gasteiger partial charge is 0.459 e. The predicted octanol–water partition coefficient (Wildman–Crippen LogP) is 3.79. The number of benzene rings is 1. The van der Waals surface area contributed by atoms with Crippen molar-refractivity contribution in [2.24, 2.45) is 0 Å². The lowest BCUT2D eigenvalue weighted by atomic mass is 9.87. The standard InChI is InChI=1S/C21H35NO5S/c1-19(2,3)15-10-12-16(13-11-15)28(24,25)22-17(14-26-20(4,5)6)18(23)27-21(7,8)9/h10-13,17,22H,14H2,1-9H3. The summed E-state index contributed by atoms with van der Waals surface area (Å²) in [6, 6.07) is 5.50. The first-order valence-corrected chi connectivity index (χ1v) is 10.9. The highest BCUT2D eigenvalue weighted by Gasteiger charge is 2.31. The summed E-state index contributed by atoms with van der Waals surface area (Å²) in [5.74, 6) is -0.674. The second-order valence-electron chi connectivity index (χ2n) is 9.91. The van der Waals surface area contributed by atoms with Crippen molar-refractivity contribution in [2.45, 2.75) is 89.9 Å². The highest BCUT2D eigenvalue weighted by Crippen LogP contribution is 2.23. The van der Waals surface area contributed by atoms with Gasteiger partial charge in [-0.05, 0) is 64.7 Å². The summed E-state index contributed by atoms with van der Waals surface area (Å²) < 4.78 is 39.1. The van der Waals surface area contributed by atoms with Crippen LogP contribution in [0.25, 0.3) is 0 Å². The minimum atomic E-state index is -3.92. The van der Waals surface area contributed by atoms with E-state index in [1.165, 1.54) is 0 Å². The van der Waals surface area contributed by atoms with Gasteiger partial charge in [0.15, 0.2) is 0 Å². The monoisotopic (exact) mass is 413 g/mol. The third kappa shape index (κ3) is 8.29. The summed E-state index contributed by atoms with van der Waals surface area (Å²) in [5, 5.41) is 0. The maximum atomic E-state index is 12.8. The number of rotatable bonds is 6. The lowest BCUT2D eigenvalue weighted by Gasteiger charge is -2.27. The van der Waals surface area contributed by atoms with Crippen molar-refractivity contribution in [1.82, 2.24) is 4.72 Å². The average Bonchev–Trinajstić information content (AvgIpc) is 2.48. The molecule has 0 aliphatic heterocycles. The molecule has 6 nitrogen and oxygen atoms in total.